The summed E-state index contributed by atoms with van der Waals surface area (Å²) in [7, 11) is -1.92. The van der Waals surface area contributed by atoms with Crippen LogP contribution in [0.5, 0.6) is 5.75 Å². The van der Waals surface area contributed by atoms with Crippen molar-refractivity contribution in [2.24, 2.45) is 0 Å². The summed E-state index contributed by atoms with van der Waals surface area (Å²) >= 11 is 0.744. The van der Waals surface area contributed by atoms with Crippen molar-refractivity contribution in [1.29, 1.82) is 5.26 Å². The first-order valence-corrected chi connectivity index (χ1v) is 12.0. The molecule has 2 heterocycles. The number of aromatic nitrogens is 3. The lowest BCUT2D eigenvalue weighted by Crippen LogP contribution is -2.13. The molecule has 0 saturated carbocycles. The van der Waals surface area contributed by atoms with E-state index in [1.807, 2.05) is 54.8 Å². The quantitative estimate of drug-likeness (QED) is 0.318. The zero-order valence-corrected chi connectivity index (χ0v) is 19.5. The fourth-order valence-electron chi connectivity index (χ4n) is 3.04. The van der Waals surface area contributed by atoms with Gasteiger partial charge >= 0.3 is 0 Å². The van der Waals surface area contributed by atoms with Gasteiger partial charge in [-0.25, -0.2) is 8.42 Å². The third kappa shape index (κ3) is 4.71. The van der Waals surface area contributed by atoms with Crippen molar-refractivity contribution < 1.29 is 17.9 Å². The molecule has 2 aromatic heterocycles. The van der Waals surface area contributed by atoms with Crippen LogP contribution in [0, 0.1) is 25.2 Å². The second kappa shape index (κ2) is 9.33. The lowest BCUT2D eigenvalue weighted by molar-refractivity contribution is -0.112. The Balaban J connectivity index is 1.88. The molecular formula is C21H21N5O4S2. The summed E-state index contributed by atoms with van der Waals surface area (Å²) < 4.78 is 30.8. The van der Waals surface area contributed by atoms with Crippen LogP contribution in [-0.4, -0.2) is 42.0 Å². The highest BCUT2D eigenvalue weighted by Crippen LogP contribution is 2.25. The number of nitrogens with zero attached hydrogens (tertiary/aromatic N) is 4. The Labute approximate surface area is 189 Å². The van der Waals surface area contributed by atoms with E-state index in [1.165, 1.54) is 13.0 Å². The third-order valence-corrected chi connectivity index (χ3v) is 7.76. The number of nitriles is 1. The fraction of sp³-hybridized carbons (Fsp3) is 0.238. The molecule has 0 bridgehead atoms. The van der Waals surface area contributed by atoms with Crippen LogP contribution in [0.2, 0.25) is 0 Å². The third-order valence-electron chi connectivity index (χ3n) is 4.74. The molecule has 9 nitrogen and oxygen atoms in total. The number of sulfone groups is 1. The van der Waals surface area contributed by atoms with Crippen molar-refractivity contribution >= 4 is 38.3 Å². The first-order chi connectivity index (χ1) is 15.2. The van der Waals surface area contributed by atoms with Crippen molar-refractivity contribution in [1.82, 2.24) is 14.8 Å². The Bertz CT molecular complexity index is 1330. The highest BCUT2D eigenvalue weighted by molar-refractivity contribution is 7.93. The second-order valence-electron chi connectivity index (χ2n) is 6.76. The van der Waals surface area contributed by atoms with E-state index in [4.69, 9.17) is 4.74 Å². The van der Waals surface area contributed by atoms with E-state index in [2.05, 4.69) is 15.5 Å². The topological polar surface area (TPSA) is 127 Å². The van der Waals surface area contributed by atoms with Crippen LogP contribution in [0.3, 0.4) is 0 Å². The van der Waals surface area contributed by atoms with Crippen LogP contribution >= 0.6 is 11.3 Å². The van der Waals surface area contributed by atoms with Crippen LogP contribution < -0.4 is 10.1 Å². The molecule has 0 unspecified atom stereocenters. The van der Waals surface area contributed by atoms with E-state index in [0.29, 0.717) is 5.56 Å². The maximum Gasteiger partial charge on any atom is 0.268 e. The molecule has 0 saturated heterocycles. The number of methoxy groups -OCH3 is 1. The average molecular weight is 472 g/mol. The molecule has 1 aromatic carbocycles. The number of rotatable bonds is 7. The van der Waals surface area contributed by atoms with Gasteiger partial charge < -0.3 is 9.30 Å². The minimum absolute atomic E-state index is 0.00637. The Morgan fingerprint density at radius 1 is 1.28 bits per heavy atom. The molecule has 3 rings (SSSR count). The summed E-state index contributed by atoms with van der Waals surface area (Å²) in [6, 6.07) is 11.3. The van der Waals surface area contributed by atoms with Gasteiger partial charge in [-0.1, -0.05) is 18.3 Å². The minimum Gasteiger partial charge on any atom is -0.497 e. The highest BCUT2D eigenvalue weighted by atomic mass is 32.2. The summed E-state index contributed by atoms with van der Waals surface area (Å²) in [6.07, 6.45) is 1.49. The van der Waals surface area contributed by atoms with E-state index in [9.17, 15) is 18.5 Å². The van der Waals surface area contributed by atoms with Gasteiger partial charge in [0, 0.05) is 17.1 Å². The van der Waals surface area contributed by atoms with Gasteiger partial charge in [-0.15, -0.1) is 10.2 Å². The Morgan fingerprint density at radius 3 is 2.56 bits per heavy atom. The molecule has 0 atom stereocenters. The minimum atomic E-state index is -3.52. The van der Waals surface area contributed by atoms with Gasteiger partial charge in [0.2, 0.25) is 19.3 Å². The largest absolute Gasteiger partial charge is 0.497 e. The predicted octanol–water partition coefficient (Wildman–Crippen LogP) is 3.29. The molecule has 166 valence electrons. The molecule has 0 aliphatic carbocycles. The number of hydrogen-bond acceptors (Lipinski definition) is 8. The smallest absolute Gasteiger partial charge is 0.268 e. The monoisotopic (exact) mass is 471 g/mol. The van der Waals surface area contributed by atoms with Crippen molar-refractivity contribution in [2.75, 3.05) is 18.2 Å². The second-order valence-corrected chi connectivity index (χ2v) is 10.2. The van der Waals surface area contributed by atoms with E-state index in [1.54, 1.807) is 7.11 Å². The Kier molecular flexibility index (Phi) is 6.76. The number of ether oxygens (including phenoxy) is 1. The maximum absolute atomic E-state index is 12.6. The number of nitrogens with one attached hydrogen (secondary N) is 1. The number of amides is 1. The molecular weight excluding hydrogens is 450 g/mol. The number of hydrogen-bond donors (Lipinski definition) is 1. The molecule has 0 aliphatic heterocycles. The molecule has 11 heteroatoms. The van der Waals surface area contributed by atoms with Crippen LogP contribution in [0.15, 0.2) is 40.2 Å². The average Bonchev–Trinajstić information content (AvgIpc) is 3.36. The summed E-state index contributed by atoms with van der Waals surface area (Å²) in [6.45, 7) is 5.31. The number of benzene rings is 1. The number of aryl methyl sites for hydroxylation is 1. The van der Waals surface area contributed by atoms with Gasteiger partial charge in [-0.05, 0) is 55.8 Å². The number of carbonyl (C=O) groups is 1. The maximum atomic E-state index is 12.6. The van der Waals surface area contributed by atoms with Crippen molar-refractivity contribution in [3.63, 3.8) is 0 Å². The molecule has 1 N–H and O–H groups in total. The summed E-state index contributed by atoms with van der Waals surface area (Å²) in [4.78, 5) is 12.6. The first kappa shape index (κ1) is 23.2. The number of anilines is 1. The van der Waals surface area contributed by atoms with Gasteiger partial charge in [-0.3, -0.25) is 10.1 Å². The zero-order valence-electron chi connectivity index (χ0n) is 17.9. The first-order valence-electron chi connectivity index (χ1n) is 9.53. The van der Waals surface area contributed by atoms with E-state index in [0.717, 1.165) is 34.2 Å². The highest BCUT2D eigenvalue weighted by Gasteiger charge is 2.20. The lowest BCUT2D eigenvalue weighted by Gasteiger charge is -2.10. The van der Waals surface area contributed by atoms with Crippen LogP contribution in [0.4, 0.5) is 5.13 Å². The molecule has 3 aromatic rings. The summed E-state index contributed by atoms with van der Waals surface area (Å²) in [5.74, 6) is -0.0763. The van der Waals surface area contributed by atoms with Crippen molar-refractivity contribution in [3.05, 3.63) is 52.9 Å². The van der Waals surface area contributed by atoms with Gasteiger partial charge in [0.1, 0.15) is 17.4 Å². The van der Waals surface area contributed by atoms with Crippen LogP contribution in [-0.2, 0) is 14.6 Å². The van der Waals surface area contributed by atoms with Crippen molar-refractivity contribution in [2.45, 2.75) is 25.1 Å². The Hall–Kier alpha value is -3.49. The van der Waals surface area contributed by atoms with Gasteiger partial charge in [0.05, 0.1) is 12.9 Å². The molecule has 1 amide bonds. The molecule has 0 fully saturated rings. The summed E-state index contributed by atoms with van der Waals surface area (Å²) in [5, 5.41) is 19.3. The fourth-order valence-corrected chi connectivity index (χ4v) is 5.02. The molecule has 32 heavy (non-hydrogen) atoms. The Morgan fingerprint density at radius 2 is 1.97 bits per heavy atom. The van der Waals surface area contributed by atoms with E-state index >= 15 is 0 Å². The van der Waals surface area contributed by atoms with E-state index in [-0.39, 0.29) is 20.8 Å². The zero-order chi connectivity index (χ0) is 23.5. The van der Waals surface area contributed by atoms with Gasteiger partial charge in [0.25, 0.3) is 5.91 Å². The lowest BCUT2D eigenvalue weighted by atomic mass is 10.1. The van der Waals surface area contributed by atoms with Gasteiger partial charge in [-0.2, -0.15) is 5.26 Å². The van der Waals surface area contributed by atoms with Gasteiger partial charge in [0.15, 0.2) is 0 Å². The van der Waals surface area contributed by atoms with Crippen molar-refractivity contribution in [3.8, 4) is 17.5 Å². The standard InChI is InChI=1S/C21H21N5O4S2/c1-5-32(28,29)21-25-24-20(31-21)23-19(27)16(12-22)11-15-10-13(2)26(14(15)3)17-6-8-18(30-4)9-7-17/h6-11H,5H2,1-4H3,(H,23,24,27)/b16-11-. The molecule has 0 radical (unpaired) electrons. The normalized spacial score (nSPS) is 11.8. The SMILES string of the molecule is CCS(=O)(=O)c1nnc(NC(=O)/C(C#N)=C\c2cc(C)n(-c3ccc(OC)cc3)c2C)s1. The van der Waals surface area contributed by atoms with Crippen LogP contribution in [0.1, 0.15) is 23.9 Å². The van der Waals surface area contributed by atoms with Crippen LogP contribution in [0.25, 0.3) is 11.8 Å². The summed E-state index contributed by atoms with van der Waals surface area (Å²) in [5.41, 5.74) is 3.25. The number of carbonyl (C=O) groups excluding carboxylic acids is 1. The molecule has 0 aliphatic rings. The van der Waals surface area contributed by atoms with E-state index < -0.39 is 15.7 Å². The predicted molar refractivity (Wildman–Crippen MR) is 122 cm³/mol. The molecule has 0 spiro atoms.